The molecule has 3 rings (SSSR count). The highest BCUT2D eigenvalue weighted by molar-refractivity contribution is 5.97. The number of carboxylic acid groups (broad SMARTS) is 2. The minimum Gasteiger partial charge on any atom is -0.508 e. The van der Waals surface area contributed by atoms with Crippen molar-refractivity contribution in [2.45, 2.75) is 120 Å². The predicted octanol–water partition coefficient (Wildman–Crippen LogP) is -2.90. The van der Waals surface area contributed by atoms with Crippen molar-refractivity contribution in [3.63, 3.8) is 0 Å². The molecule has 0 saturated carbocycles. The number of carbonyl (C=O) groups excluding carboxylic acids is 7. The van der Waals surface area contributed by atoms with Gasteiger partial charge in [-0.3, -0.25) is 38.4 Å². The van der Waals surface area contributed by atoms with Crippen LogP contribution in [0.25, 0.3) is 0 Å². The number of carbonyl (C=O) groups is 9. The lowest BCUT2D eigenvalue weighted by molar-refractivity contribution is -0.142. The largest absolute Gasteiger partial charge is 0.508 e. The van der Waals surface area contributed by atoms with Gasteiger partial charge in [0, 0.05) is 49.5 Å². The molecule has 17 N–H and O–H groups in total. The number of aromatic nitrogens is 4. The van der Waals surface area contributed by atoms with Gasteiger partial charge in [0.15, 0.2) is 0 Å². The fraction of sp³-hybridized carbons (Fsp3) is 0.500. The minimum absolute atomic E-state index is 0.00252. The quantitative estimate of drug-likeness (QED) is 0.0298. The van der Waals surface area contributed by atoms with Crippen LogP contribution >= 0.6 is 0 Å². The van der Waals surface area contributed by atoms with E-state index in [1.165, 1.54) is 37.2 Å². The van der Waals surface area contributed by atoms with Gasteiger partial charge in [0.05, 0.1) is 18.7 Å². The van der Waals surface area contributed by atoms with Crippen molar-refractivity contribution in [1.29, 1.82) is 0 Å². The van der Waals surface area contributed by atoms with Gasteiger partial charge in [-0.05, 0) is 68.7 Å². The molecule has 25 heteroatoms. The number of primary amides is 1. The lowest BCUT2D eigenvalue weighted by Gasteiger charge is -2.28. The summed E-state index contributed by atoms with van der Waals surface area (Å²) in [5, 5.41) is 43.8. The zero-order valence-electron chi connectivity index (χ0n) is 37.2. The molecule has 0 aliphatic heterocycles. The number of H-pyrrole nitrogens is 2. The van der Waals surface area contributed by atoms with E-state index in [0.29, 0.717) is 36.3 Å². The zero-order valence-corrected chi connectivity index (χ0v) is 37.2. The van der Waals surface area contributed by atoms with Crippen molar-refractivity contribution in [2.24, 2.45) is 23.1 Å². The number of unbranched alkanes of at least 4 members (excludes halogenated alkanes) is 1. The van der Waals surface area contributed by atoms with E-state index in [4.69, 9.17) is 17.2 Å². The van der Waals surface area contributed by atoms with Crippen LogP contribution in [0.2, 0.25) is 0 Å². The van der Waals surface area contributed by atoms with Gasteiger partial charge >= 0.3 is 11.9 Å². The molecule has 0 radical (unpaired) electrons. The number of nitrogens with zero attached hydrogens (tertiary/aromatic N) is 2. The van der Waals surface area contributed by atoms with Crippen LogP contribution < -0.4 is 49.1 Å². The summed E-state index contributed by atoms with van der Waals surface area (Å²) in [6.45, 7) is 3.46. The van der Waals surface area contributed by atoms with Crippen molar-refractivity contribution in [3.05, 3.63) is 66.3 Å². The van der Waals surface area contributed by atoms with E-state index in [1.54, 1.807) is 26.0 Å². The zero-order chi connectivity index (χ0) is 49.6. The normalized spacial score (nSPS) is 14.2. The van der Waals surface area contributed by atoms with Gasteiger partial charge in [0.2, 0.25) is 41.4 Å². The van der Waals surface area contributed by atoms with Crippen LogP contribution in [-0.2, 0) is 62.4 Å². The van der Waals surface area contributed by atoms with Crippen LogP contribution in [0.1, 0.15) is 75.7 Å². The second-order valence-electron chi connectivity index (χ2n) is 16.1. The minimum atomic E-state index is -1.49. The number of amides is 7. The second kappa shape index (κ2) is 27.2. The third-order valence-corrected chi connectivity index (χ3v) is 10.4. The maximum Gasteiger partial charge on any atom is 0.326 e. The summed E-state index contributed by atoms with van der Waals surface area (Å²) in [6, 6.07) is -3.92. The number of imidazole rings is 2. The SMILES string of the molecule is CC(C)[C@@H](NC(=O)[C@@H](CCC(=O)O)NC(=O)[C@H](N)Cc1ccc(O)cc1)C(=O)N[C@H](Cc1cnc[nH]1)C(=O)N[C@H](Cc1cnc[nH]1)C(=O)N[C@H](CCC(N)=O)C(=O)N[C@H](CCCCN)C(=O)O. The maximum atomic E-state index is 14.2. The third kappa shape index (κ3) is 18.9. The highest BCUT2D eigenvalue weighted by Crippen LogP contribution is 2.13. The third-order valence-electron chi connectivity index (χ3n) is 10.4. The topological polar surface area (TPSA) is 422 Å². The van der Waals surface area contributed by atoms with Crippen molar-refractivity contribution < 1.29 is 58.5 Å². The van der Waals surface area contributed by atoms with Crippen LogP contribution in [0, 0.1) is 5.92 Å². The number of carboxylic acids is 2. The van der Waals surface area contributed by atoms with Crippen molar-refractivity contribution in [1.82, 2.24) is 51.8 Å². The van der Waals surface area contributed by atoms with Gasteiger partial charge < -0.3 is 74.4 Å². The molecule has 0 spiro atoms. The number of hydrogen-bond donors (Lipinski definition) is 14. The molecule has 0 saturated heterocycles. The average Bonchev–Trinajstić information content (AvgIpc) is 4.00. The van der Waals surface area contributed by atoms with Gasteiger partial charge in [0.1, 0.15) is 42.0 Å². The summed E-state index contributed by atoms with van der Waals surface area (Å²) in [6.07, 6.45) is 4.18. The van der Waals surface area contributed by atoms with Gasteiger partial charge in [0.25, 0.3) is 0 Å². The van der Waals surface area contributed by atoms with Crippen molar-refractivity contribution >= 4 is 53.3 Å². The molecular weight excluding hydrogens is 879 g/mol. The molecule has 1 aromatic carbocycles. The first kappa shape index (κ1) is 53.9. The maximum absolute atomic E-state index is 14.2. The Morgan fingerprint density at radius 3 is 1.57 bits per heavy atom. The number of phenols is 1. The Balaban J connectivity index is 1.86. The smallest absolute Gasteiger partial charge is 0.326 e. The number of hydrogen-bond acceptors (Lipinski definition) is 14. The summed E-state index contributed by atoms with van der Waals surface area (Å²) in [5.41, 5.74) is 18.3. The number of aromatic hydroxyl groups is 1. The molecular formula is C42H61N13O12. The number of phenolic OH excluding ortho intramolecular Hbond substituents is 1. The molecule has 366 valence electrons. The molecule has 7 atom stereocenters. The summed E-state index contributed by atoms with van der Waals surface area (Å²) < 4.78 is 0. The molecule has 67 heavy (non-hydrogen) atoms. The predicted molar refractivity (Wildman–Crippen MR) is 237 cm³/mol. The van der Waals surface area contributed by atoms with E-state index < -0.39 is 108 Å². The summed E-state index contributed by atoms with van der Waals surface area (Å²) in [5.74, 6) is -9.48. The first-order chi connectivity index (χ1) is 31.8. The number of aliphatic carboxylic acids is 2. The van der Waals surface area contributed by atoms with Crippen LogP contribution in [0.3, 0.4) is 0 Å². The van der Waals surface area contributed by atoms with E-state index in [0.717, 1.165) is 0 Å². The number of rotatable bonds is 30. The second-order valence-corrected chi connectivity index (χ2v) is 16.1. The lowest BCUT2D eigenvalue weighted by Crippen LogP contribution is -2.61. The van der Waals surface area contributed by atoms with Gasteiger partial charge in [-0.25, -0.2) is 14.8 Å². The van der Waals surface area contributed by atoms with Crippen LogP contribution in [-0.4, -0.2) is 137 Å². The summed E-state index contributed by atoms with van der Waals surface area (Å²) in [7, 11) is 0. The Hall–Kier alpha value is -7.41. The molecule has 0 unspecified atom stereocenters. The van der Waals surface area contributed by atoms with E-state index in [9.17, 15) is 58.5 Å². The molecule has 2 aromatic heterocycles. The average molecular weight is 940 g/mol. The monoisotopic (exact) mass is 939 g/mol. The Morgan fingerprint density at radius 1 is 0.612 bits per heavy atom. The highest BCUT2D eigenvalue weighted by atomic mass is 16.4. The Labute approximate surface area is 385 Å². The fourth-order valence-electron chi connectivity index (χ4n) is 6.62. The molecule has 7 amide bonds. The fourth-order valence-corrected chi connectivity index (χ4v) is 6.62. The van der Waals surface area contributed by atoms with Gasteiger partial charge in [-0.15, -0.1) is 0 Å². The van der Waals surface area contributed by atoms with Crippen LogP contribution in [0.15, 0.2) is 49.3 Å². The first-order valence-corrected chi connectivity index (χ1v) is 21.5. The number of aromatic amines is 2. The molecule has 0 fully saturated rings. The van der Waals surface area contributed by atoms with Gasteiger partial charge in [-0.1, -0.05) is 26.0 Å². The standard InChI is InChI=1S/C42H61N13O12/c1-22(2)35(55-38(62)29(11-13-34(58)59)50-36(60)27(44)15-23-6-8-26(56)9-7-23)41(65)54-32(17-25-19-47-21-49-25)40(64)53-31(16-24-18-46-20-48-24)39(63)51-28(10-12-33(45)57)37(61)52-30(42(66)67)5-3-4-14-43/h6-9,18-22,27-32,35,56H,3-5,10-17,43-44H2,1-2H3,(H2,45,57)(H,46,48)(H,47,49)(H,50,60)(H,51,63)(H,52,61)(H,53,64)(H,54,65)(H,55,62)(H,58,59)(H,66,67)/t27-,28-,29-,30-,31-,32-,35-/m1/s1. The van der Waals surface area contributed by atoms with Crippen LogP contribution in [0.5, 0.6) is 5.75 Å². The van der Waals surface area contributed by atoms with Gasteiger partial charge in [-0.2, -0.15) is 0 Å². The van der Waals surface area contributed by atoms with Crippen molar-refractivity contribution in [2.75, 3.05) is 6.54 Å². The Morgan fingerprint density at radius 2 is 1.09 bits per heavy atom. The Kier molecular flexibility index (Phi) is 21.9. The lowest BCUT2D eigenvalue weighted by atomic mass is 10.0. The Bertz CT molecular complexity index is 2120. The van der Waals surface area contributed by atoms with E-state index in [1.807, 2.05) is 0 Å². The van der Waals surface area contributed by atoms with Crippen molar-refractivity contribution in [3.8, 4) is 5.75 Å². The van der Waals surface area contributed by atoms with Crippen LogP contribution in [0.4, 0.5) is 0 Å². The number of benzene rings is 1. The summed E-state index contributed by atoms with van der Waals surface area (Å²) >= 11 is 0. The molecule has 0 aliphatic rings. The molecule has 25 nitrogen and oxygen atoms in total. The van der Waals surface area contributed by atoms with E-state index in [2.05, 4.69) is 51.8 Å². The molecule has 2 heterocycles. The van der Waals surface area contributed by atoms with E-state index in [-0.39, 0.29) is 50.7 Å². The molecule has 0 aliphatic carbocycles. The molecule has 0 bridgehead atoms. The molecule has 3 aromatic rings. The number of nitrogens with one attached hydrogen (secondary N) is 8. The van der Waals surface area contributed by atoms with E-state index >= 15 is 0 Å². The highest BCUT2D eigenvalue weighted by Gasteiger charge is 2.35. The first-order valence-electron chi connectivity index (χ1n) is 21.5. The summed E-state index contributed by atoms with van der Waals surface area (Å²) in [4.78, 5) is 132. The number of nitrogens with two attached hydrogens (primary N) is 3.